The van der Waals surface area contributed by atoms with E-state index in [1.807, 2.05) is 34.1 Å². The lowest BCUT2D eigenvalue weighted by atomic mass is 10.1. The van der Waals surface area contributed by atoms with Gasteiger partial charge in [0.1, 0.15) is 5.75 Å². The molecule has 33 heavy (non-hydrogen) atoms. The molecule has 0 saturated carbocycles. The summed E-state index contributed by atoms with van der Waals surface area (Å²) >= 11 is 0. The molecule has 0 unspecified atom stereocenters. The Kier molecular flexibility index (Phi) is 8.43. The monoisotopic (exact) mass is 474 g/mol. The number of nitrogens with two attached hydrogens (primary N) is 1. The van der Waals surface area contributed by atoms with Gasteiger partial charge in [-0.15, -0.1) is 0 Å². The fourth-order valence-electron chi connectivity index (χ4n) is 3.71. The van der Waals surface area contributed by atoms with Crippen molar-refractivity contribution < 1.29 is 22.7 Å². The molecule has 178 valence electrons. The second kappa shape index (κ2) is 11.3. The molecular weight excluding hydrogens is 444 g/mol. The number of carbonyl (C=O) groups excluding carboxylic acids is 2. The highest BCUT2D eigenvalue weighted by Crippen LogP contribution is 2.15. The number of methoxy groups -OCH3 is 1. The van der Waals surface area contributed by atoms with Crippen LogP contribution in [0.3, 0.4) is 0 Å². The molecule has 2 aromatic carbocycles. The quantitative estimate of drug-likeness (QED) is 0.597. The second-order valence-electron chi connectivity index (χ2n) is 7.98. The molecule has 1 saturated heterocycles. The van der Waals surface area contributed by atoms with Crippen LogP contribution in [0.25, 0.3) is 0 Å². The van der Waals surface area contributed by atoms with E-state index in [9.17, 15) is 18.0 Å². The summed E-state index contributed by atoms with van der Waals surface area (Å²) in [6.45, 7) is 2.79. The molecular formula is C23H30N4O5S. The van der Waals surface area contributed by atoms with Crippen molar-refractivity contribution >= 4 is 27.5 Å². The maximum atomic E-state index is 12.7. The summed E-state index contributed by atoms with van der Waals surface area (Å²) in [4.78, 5) is 29.0. The summed E-state index contributed by atoms with van der Waals surface area (Å²) in [6, 6.07) is 13.4. The number of rotatable bonds is 8. The molecule has 0 aliphatic carbocycles. The van der Waals surface area contributed by atoms with Crippen molar-refractivity contribution in [2.75, 3.05) is 45.2 Å². The zero-order chi connectivity index (χ0) is 23.8. The molecule has 0 aromatic heterocycles. The van der Waals surface area contributed by atoms with Gasteiger partial charge in [0, 0.05) is 38.3 Å². The van der Waals surface area contributed by atoms with Crippen molar-refractivity contribution in [2.45, 2.75) is 24.2 Å². The summed E-state index contributed by atoms with van der Waals surface area (Å²) in [5, 5.41) is 7.85. The van der Waals surface area contributed by atoms with Crippen LogP contribution in [0.1, 0.15) is 18.4 Å². The number of ether oxygens (including phenoxy) is 1. The van der Waals surface area contributed by atoms with Crippen LogP contribution in [0.2, 0.25) is 0 Å². The topological polar surface area (TPSA) is 122 Å². The number of benzene rings is 2. The van der Waals surface area contributed by atoms with E-state index in [0.717, 1.165) is 24.3 Å². The smallest absolute Gasteiger partial charge is 0.238 e. The van der Waals surface area contributed by atoms with Crippen molar-refractivity contribution in [3.8, 4) is 5.75 Å². The summed E-state index contributed by atoms with van der Waals surface area (Å²) in [7, 11) is -2.14. The summed E-state index contributed by atoms with van der Waals surface area (Å²) in [5.74, 6) is 0.715. The number of nitrogens with zero attached hydrogens (tertiary/aromatic N) is 2. The first-order valence-corrected chi connectivity index (χ1v) is 12.3. The number of nitrogens with one attached hydrogen (secondary N) is 1. The van der Waals surface area contributed by atoms with Gasteiger partial charge in [-0.25, -0.2) is 13.6 Å². The Labute approximate surface area is 194 Å². The molecule has 1 fully saturated rings. The van der Waals surface area contributed by atoms with E-state index in [4.69, 9.17) is 9.88 Å². The van der Waals surface area contributed by atoms with Crippen LogP contribution in [0.4, 0.5) is 5.69 Å². The van der Waals surface area contributed by atoms with Crippen LogP contribution in [0.5, 0.6) is 5.75 Å². The van der Waals surface area contributed by atoms with Crippen molar-refractivity contribution in [1.29, 1.82) is 0 Å². The Morgan fingerprint density at radius 3 is 2.33 bits per heavy atom. The number of aryl methyl sites for hydroxylation is 1. The predicted octanol–water partition coefficient (Wildman–Crippen LogP) is 1.45. The molecule has 2 amide bonds. The molecule has 0 atom stereocenters. The van der Waals surface area contributed by atoms with Crippen molar-refractivity contribution in [3.05, 3.63) is 54.1 Å². The molecule has 1 heterocycles. The lowest BCUT2D eigenvalue weighted by Gasteiger charge is -2.22. The lowest BCUT2D eigenvalue weighted by Crippen LogP contribution is -2.38. The standard InChI is InChI=1S/C23H30N4O5S/c1-32-20-8-3-18(4-9-20)5-12-23(29)27-14-2-13-26(15-16-27)17-22(28)25-19-6-10-21(11-7-19)33(24,30)31/h3-4,6-11H,2,5,12-17H2,1H3,(H,25,28)(H2,24,30,31). The third-order valence-electron chi connectivity index (χ3n) is 5.56. The van der Waals surface area contributed by atoms with Gasteiger partial charge in [-0.3, -0.25) is 14.5 Å². The number of carbonyl (C=O) groups is 2. The highest BCUT2D eigenvalue weighted by atomic mass is 32.2. The van der Waals surface area contributed by atoms with Gasteiger partial charge >= 0.3 is 0 Å². The molecule has 2 aromatic rings. The van der Waals surface area contributed by atoms with Gasteiger partial charge in [0.25, 0.3) is 0 Å². The summed E-state index contributed by atoms with van der Waals surface area (Å²) in [5.41, 5.74) is 1.59. The number of sulfonamides is 1. The third kappa shape index (κ3) is 7.55. The first-order valence-electron chi connectivity index (χ1n) is 10.8. The normalized spacial score (nSPS) is 15.0. The highest BCUT2D eigenvalue weighted by Gasteiger charge is 2.20. The minimum Gasteiger partial charge on any atom is -0.497 e. The van der Waals surface area contributed by atoms with Crippen LogP contribution in [0.15, 0.2) is 53.4 Å². The fraction of sp³-hybridized carbons (Fsp3) is 0.391. The van der Waals surface area contributed by atoms with Gasteiger partial charge in [0.2, 0.25) is 21.8 Å². The molecule has 0 spiro atoms. The number of amides is 2. The van der Waals surface area contributed by atoms with E-state index in [-0.39, 0.29) is 23.3 Å². The van der Waals surface area contributed by atoms with Gasteiger partial charge in [-0.1, -0.05) is 12.1 Å². The third-order valence-corrected chi connectivity index (χ3v) is 6.49. The first kappa shape index (κ1) is 24.7. The SMILES string of the molecule is COc1ccc(CCC(=O)N2CCCN(CC(=O)Nc3ccc(S(N)(=O)=O)cc3)CC2)cc1. The van der Waals surface area contributed by atoms with E-state index < -0.39 is 10.0 Å². The van der Waals surface area contributed by atoms with Crippen LogP contribution in [-0.4, -0.2) is 69.9 Å². The average molecular weight is 475 g/mol. The second-order valence-corrected chi connectivity index (χ2v) is 9.54. The molecule has 3 rings (SSSR count). The largest absolute Gasteiger partial charge is 0.497 e. The Balaban J connectivity index is 1.44. The molecule has 10 heteroatoms. The number of anilines is 1. The van der Waals surface area contributed by atoms with Gasteiger partial charge in [-0.2, -0.15) is 0 Å². The molecule has 1 aliphatic heterocycles. The highest BCUT2D eigenvalue weighted by molar-refractivity contribution is 7.89. The minimum absolute atomic E-state index is 0.00948. The zero-order valence-corrected chi connectivity index (χ0v) is 19.5. The fourth-order valence-corrected chi connectivity index (χ4v) is 4.23. The van der Waals surface area contributed by atoms with Crippen LogP contribution in [0, 0.1) is 0 Å². The Morgan fingerprint density at radius 2 is 1.70 bits per heavy atom. The Bertz CT molecular complexity index is 1060. The van der Waals surface area contributed by atoms with Crippen LogP contribution < -0.4 is 15.2 Å². The molecule has 3 N–H and O–H groups in total. The maximum Gasteiger partial charge on any atom is 0.238 e. The molecule has 9 nitrogen and oxygen atoms in total. The first-order chi connectivity index (χ1) is 15.7. The number of hydrogen-bond donors (Lipinski definition) is 2. The molecule has 0 radical (unpaired) electrons. The summed E-state index contributed by atoms with van der Waals surface area (Å²) in [6.07, 6.45) is 1.92. The van der Waals surface area contributed by atoms with Crippen molar-refractivity contribution in [2.24, 2.45) is 5.14 Å². The maximum absolute atomic E-state index is 12.7. The Morgan fingerprint density at radius 1 is 1.00 bits per heavy atom. The van der Waals surface area contributed by atoms with Gasteiger partial charge < -0.3 is 15.0 Å². The van der Waals surface area contributed by atoms with Crippen LogP contribution >= 0.6 is 0 Å². The van der Waals surface area contributed by atoms with Crippen LogP contribution in [-0.2, 0) is 26.0 Å². The summed E-state index contributed by atoms with van der Waals surface area (Å²) < 4.78 is 27.8. The minimum atomic E-state index is -3.77. The van der Waals surface area contributed by atoms with E-state index in [2.05, 4.69) is 5.32 Å². The Hall–Kier alpha value is -2.95. The van der Waals surface area contributed by atoms with Gasteiger partial charge in [0.15, 0.2) is 0 Å². The van der Waals surface area contributed by atoms with Gasteiger partial charge in [0.05, 0.1) is 18.6 Å². The van der Waals surface area contributed by atoms with Gasteiger partial charge in [-0.05, 0) is 54.8 Å². The molecule has 0 bridgehead atoms. The average Bonchev–Trinajstić information content (AvgIpc) is 3.03. The van der Waals surface area contributed by atoms with Crippen molar-refractivity contribution in [1.82, 2.24) is 9.80 Å². The van der Waals surface area contributed by atoms with E-state index in [0.29, 0.717) is 38.2 Å². The number of primary sulfonamides is 1. The zero-order valence-electron chi connectivity index (χ0n) is 18.7. The number of hydrogen-bond acceptors (Lipinski definition) is 6. The van der Waals surface area contributed by atoms with E-state index >= 15 is 0 Å². The van der Waals surface area contributed by atoms with Crippen molar-refractivity contribution in [3.63, 3.8) is 0 Å². The van der Waals surface area contributed by atoms with E-state index in [1.165, 1.54) is 24.3 Å². The van der Waals surface area contributed by atoms with E-state index in [1.54, 1.807) is 7.11 Å². The predicted molar refractivity (Wildman–Crippen MR) is 125 cm³/mol. The lowest BCUT2D eigenvalue weighted by molar-refractivity contribution is -0.131. The molecule has 1 aliphatic rings.